The van der Waals surface area contributed by atoms with E-state index in [1.807, 2.05) is 54.2 Å². The first-order valence-electron chi connectivity index (χ1n) is 7.43. The van der Waals surface area contributed by atoms with E-state index in [-0.39, 0.29) is 12.2 Å². The SMILES string of the molecule is CCOc1cc(/C=C\c2cc[n+](CCC(=O)O)cc2)ccc1O. The van der Waals surface area contributed by atoms with E-state index in [0.29, 0.717) is 18.9 Å². The second-order valence-electron chi connectivity index (χ2n) is 5.01. The van der Waals surface area contributed by atoms with Crippen molar-refractivity contribution in [1.82, 2.24) is 0 Å². The maximum absolute atomic E-state index is 10.5. The largest absolute Gasteiger partial charge is 0.504 e. The summed E-state index contributed by atoms with van der Waals surface area (Å²) in [6, 6.07) is 9.04. The second-order valence-corrected chi connectivity index (χ2v) is 5.01. The van der Waals surface area contributed by atoms with E-state index in [9.17, 15) is 9.90 Å². The number of aromatic nitrogens is 1. The number of carbonyl (C=O) groups is 1. The van der Waals surface area contributed by atoms with Crippen LogP contribution < -0.4 is 9.30 Å². The van der Waals surface area contributed by atoms with Gasteiger partial charge in [0.05, 0.1) is 6.61 Å². The highest BCUT2D eigenvalue weighted by Gasteiger charge is 2.04. The molecule has 5 heteroatoms. The number of aromatic hydroxyl groups is 1. The number of aryl methyl sites for hydroxylation is 1. The van der Waals surface area contributed by atoms with Crippen molar-refractivity contribution in [3.8, 4) is 11.5 Å². The van der Waals surface area contributed by atoms with Crippen molar-refractivity contribution in [2.75, 3.05) is 6.61 Å². The molecule has 1 heterocycles. The number of carboxylic acid groups (broad SMARTS) is 1. The first kappa shape index (κ1) is 16.5. The summed E-state index contributed by atoms with van der Waals surface area (Å²) in [6.45, 7) is 2.82. The van der Waals surface area contributed by atoms with Crippen molar-refractivity contribution in [3.05, 3.63) is 53.9 Å². The fraction of sp³-hybridized carbons (Fsp3) is 0.222. The highest BCUT2D eigenvalue weighted by atomic mass is 16.5. The molecule has 0 radical (unpaired) electrons. The number of benzene rings is 1. The summed E-state index contributed by atoms with van der Waals surface area (Å²) in [5.74, 6) is -0.212. The number of nitrogens with zero attached hydrogens (tertiary/aromatic N) is 1. The Hall–Kier alpha value is -2.82. The van der Waals surface area contributed by atoms with Gasteiger partial charge >= 0.3 is 5.97 Å². The topological polar surface area (TPSA) is 70.6 Å². The zero-order chi connectivity index (χ0) is 16.7. The van der Waals surface area contributed by atoms with Gasteiger partial charge in [-0.25, -0.2) is 4.57 Å². The smallest absolute Gasteiger partial charge is 0.309 e. The van der Waals surface area contributed by atoms with Crippen molar-refractivity contribution >= 4 is 18.1 Å². The van der Waals surface area contributed by atoms with E-state index in [2.05, 4.69) is 0 Å². The van der Waals surface area contributed by atoms with Crippen LogP contribution in [0.25, 0.3) is 12.2 Å². The van der Waals surface area contributed by atoms with Crippen LogP contribution in [-0.2, 0) is 11.3 Å². The third kappa shape index (κ3) is 5.14. The molecule has 120 valence electrons. The van der Waals surface area contributed by atoms with Crippen LogP contribution in [0.5, 0.6) is 11.5 Å². The lowest BCUT2D eigenvalue weighted by atomic mass is 10.1. The number of phenols is 1. The number of hydrogen-bond acceptors (Lipinski definition) is 3. The van der Waals surface area contributed by atoms with Crippen molar-refractivity contribution < 1.29 is 24.3 Å². The van der Waals surface area contributed by atoms with Crippen LogP contribution in [0.15, 0.2) is 42.7 Å². The van der Waals surface area contributed by atoms with Gasteiger partial charge in [-0.3, -0.25) is 4.79 Å². The number of hydrogen-bond donors (Lipinski definition) is 2. The first-order chi connectivity index (χ1) is 11.1. The third-order valence-corrected chi connectivity index (χ3v) is 3.25. The van der Waals surface area contributed by atoms with Crippen LogP contribution in [0.1, 0.15) is 24.5 Å². The Balaban J connectivity index is 2.05. The van der Waals surface area contributed by atoms with E-state index in [1.54, 1.807) is 12.1 Å². The van der Waals surface area contributed by atoms with E-state index in [1.165, 1.54) is 0 Å². The van der Waals surface area contributed by atoms with Crippen molar-refractivity contribution in [2.45, 2.75) is 19.9 Å². The molecule has 0 fully saturated rings. The number of carboxylic acids is 1. The standard InChI is InChI=1S/C18H19NO4/c1-2-23-17-13-15(5-6-16(17)20)4-3-14-7-10-19(11-8-14)12-9-18(21)22/h3-8,10-11,13H,2,9,12H2,1H3,(H,21,22)/p+1. The minimum Gasteiger partial charge on any atom is -0.504 e. The van der Waals surface area contributed by atoms with Gasteiger partial charge in [0, 0.05) is 12.1 Å². The lowest BCUT2D eigenvalue weighted by Crippen LogP contribution is -2.33. The van der Waals surface area contributed by atoms with Crippen LogP contribution in [0.2, 0.25) is 0 Å². The maximum atomic E-state index is 10.5. The van der Waals surface area contributed by atoms with Gasteiger partial charge in [0.25, 0.3) is 0 Å². The molecule has 0 amide bonds. The molecule has 0 aliphatic carbocycles. The minimum atomic E-state index is -0.807. The lowest BCUT2D eigenvalue weighted by molar-refractivity contribution is -0.696. The molecule has 1 aromatic carbocycles. The number of pyridine rings is 1. The highest BCUT2D eigenvalue weighted by molar-refractivity contribution is 5.70. The zero-order valence-corrected chi connectivity index (χ0v) is 13.0. The van der Waals surface area contributed by atoms with Gasteiger partial charge in [0.15, 0.2) is 30.4 Å². The van der Waals surface area contributed by atoms with Crippen LogP contribution in [0.4, 0.5) is 0 Å². The van der Waals surface area contributed by atoms with Crippen LogP contribution in [-0.4, -0.2) is 22.8 Å². The second kappa shape index (κ2) is 7.98. The highest BCUT2D eigenvalue weighted by Crippen LogP contribution is 2.27. The monoisotopic (exact) mass is 314 g/mol. The molecule has 0 saturated heterocycles. The van der Waals surface area contributed by atoms with Gasteiger partial charge in [-0.1, -0.05) is 18.2 Å². The van der Waals surface area contributed by atoms with Crippen molar-refractivity contribution in [2.24, 2.45) is 0 Å². The quantitative estimate of drug-likeness (QED) is 0.771. The van der Waals surface area contributed by atoms with E-state index >= 15 is 0 Å². The Morgan fingerprint density at radius 2 is 1.87 bits per heavy atom. The van der Waals surface area contributed by atoms with Gasteiger partial charge < -0.3 is 14.9 Å². The van der Waals surface area contributed by atoms with Gasteiger partial charge in [0.1, 0.15) is 6.42 Å². The van der Waals surface area contributed by atoms with E-state index < -0.39 is 5.97 Å². The van der Waals surface area contributed by atoms with Crippen molar-refractivity contribution in [1.29, 1.82) is 0 Å². The van der Waals surface area contributed by atoms with E-state index in [4.69, 9.17) is 9.84 Å². The summed E-state index contributed by atoms with van der Waals surface area (Å²) in [5.41, 5.74) is 1.93. The Bertz CT molecular complexity index is 693. The summed E-state index contributed by atoms with van der Waals surface area (Å²) in [6.07, 6.45) is 7.69. The Morgan fingerprint density at radius 3 is 2.52 bits per heavy atom. The average Bonchev–Trinajstić information content (AvgIpc) is 2.55. The molecule has 23 heavy (non-hydrogen) atoms. The summed E-state index contributed by atoms with van der Waals surface area (Å²) in [7, 11) is 0. The molecule has 0 atom stereocenters. The molecule has 0 aliphatic heterocycles. The average molecular weight is 314 g/mol. The third-order valence-electron chi connectivity index (χ3n) is 3.25. The van der Waals surface area contributed by atoms with Crippen LogP contribution in [0.3, 0.4) is 0 Å². The van der Waals surface area contributed by atoms with Crippen LogP contribution >= 0.6 is 0 Å². The number of aliphatic carboxylic acids is 1. The molecule has 5 nitrogen and oxygen atoms in total. The predicted molar refractivity (Wildman–Crippen MR) is 87.1 cm³/mol. The number of phenolic OH excluding ortho intramolecular Hbond substituents is 1. The fourth-order valence-electron chi connectivity index (χ4n) is 2.05. The lowest BCUT2D eigenvalue weighted by Gasteiger charge is -2.06. The fourth-order valence-corrected chi connectivity index (χ4v) is 2.05. The molecule has 0 saturated carbocycles. The normalized spacial score (nSPS) is 10.8. The molecule has 0 unspecified atom stereocenters. The minimum absolute atomic E-state index is 0.105. The van der Waals surface area contributed by atoms with Gasteiger partial charge in [-0.15, -0.1) is 0 Å². The molecular formula is C18H20NO4+. The molecule has 1 aromatic heterocycles. The molecule has 2 aromatic rings. The number of rotatable bonds is 7. The van der Waals surface area contributed by atoms with Crippen LogP contribution in [0, 0.1) is 0 Å². The van der Waals surface area contributed by atoms with Gasteiger partial charge in [-0.05, 0) is 30.2 Å². The summed E-state index contributed by atoms with van der Waals surface area (Å²) < 4.78 is 7.19. The molecule has 0 bridgehead atoms. The predicted octanol–water partition coefficient (Wildman–Crippen LogP) is 2.72. The molecule has 0 aliphatic rings. The molecule has 0 spiro atoms. The molecule has 2 rings (SSSR count). The molecular weight excluding hydrogens is 294 g/mol. The van der Waals surface area contributed by atoms with Gasteiger partial charge in [0.2, 0.25) is 0 Å². The van der Waals surface area contributed by atoms with Gasteiger partial charge in [-0.2, -0.15) is 0 Å². The first-order valence-corrected chi connectivity index (χ1v) is 7.43. The van der Waals surface area contributed by atoms with E-state index in [0.717, 1.165) is 11.1 Å². The Labute approximate surface area is 135 Å². The molecule has 2 N–H and O–H groups in total. The Morgan fingerprint density at radius 1 is 1.17 bits per heavy atom. The zero-order valence-electron chi connectivity index (χ0n) is 13.0. The summed E-state index contributed by atoms with van der Waals surface area (Å²) in [4.78, 5) is 10.5. The summed E-state index contributed by atoms with van der Waals surface area (Å²) >= 11 is 0. The maximum Gasteiger partial charge on any atom is 0.309 e. The number of ether oxygens (including phenoxy) is 1. The summed E-state index contributed by atoms with van der Waals surface area (Å²) in [5, 5.41) is 18.3. The van der Waals surface area contributed by atoms with Crippen molar-refractivity contribution in [3.63, 3.8) is 0 Å². The Kier molecular flexibility index (Phi) is 5.74.